The van der Waals surface area contributed by atoms with E-state index in [0.717, 1.165) is 0 Å². The minimum Gasteiger partial charge on any atom is -0.389 e. The summed E-state index contributed by atoms with van der Waals surface area (Å²) in [6, 6.07) is 4.97. The van der Waals surface area contributed by atoms with Crippen LogP contribution in [-0.2, 0) is 7.05 Å². The van der Waals surface area contributed by atoms with Crippen LogP contribution in [0.2, 0.25) is 5.02 Å². The number of rotatable bonds is 3. The zero-order chi connectivity index (χ0) is 14.0. The molecule has 5 nitrogen and oxygen atoms in total. The summed E-state index contributed by atoms with van der Waals surface area (Å²) in [5.41, 5.74) is 7.07. The van der Waals surface area contributed by atoms with Crippen molar-refractivity contribution in [2.45, 2.75) is 0 Å². The van der Waals surface area contributed by atoms with Crippen molar-refractivity contribution in [1.29, 1.82) is 0 Å². The minimum absolute atomic E-state index is 0.243. The van der Waals surface area contributed by atoms with Crippen molar-refractivity contribution in [3.63, 3.8) is 0 Å². The van der Waals surface area contributed by atoms with Crippen LogP contribution in [0.25, 0.3) is 0 Å². The quantitative estimate of drug-likeness (QED) is 0.849. The lowest BCUT2D eigenvalue weighted by Crippen LogP contribution is -2.16. The fraction of sp³-hybridized carbons (Fsp3) is 0.0833. The van der Waals surface area contributed by atoms with Gasteiger partial charge in [-0.25, -0.2) is 4.98 Å². The Morgan fingerprint density at radius 3 is 2.84 bits per heavy atom. The molecule has 1 amide bonds. The van der Waals surface area contributed by atoms with Crippen LogP contribution in [0.1, 0.15) is 16.1 Å². The van der Waals surface area contributed by atoms with E-state index in [9.17, 15) is 4.79 Å². The highest BCUT2D eigenvalue weighted by Crippen LogP contribution is 2.23. The molecule has 0 atom stereocenters. The van der Waals surface area contributed by atoms with E-state index in [4.69, 9.17) is 29.6 Å². The van der Waals surface area contributed by atoms with E-state index >= 15 is 0 Å². The van der Waals surface area contributed by atoms with Gasteiger partial charge in [-0.3, -0.25) is 4.79 Å². The van der Waals surface area contributed by atoms with Gasteiger partial charge in [0.25, 0.3) is 5.91 Å². The Hall–Kier alpha value is -1.92. The van der Waals surface area contributed by atoms with E-state index in [1.807, 2.05) is 0 Å². The summed E-state index contributed by atoms with van der Waals surface area (Å²) in [6.45, 7) is 0. The Bertz CT molecular complexity index is 653. The average molecular weight is 295 g/mol. The fourth-order valence-electron chi connectivity index (χ4n) is 1.54. The van der Waals surface area contributed by atoms with Gasteiger partial charge in [-0.05, 0) is 12.1 Å². The van der Waals surface area contributed by atoms with Crippen molar-refractivity contribution in [2.75, 3.05) is 5.32 Å². The lowest BCUT2D eigenvalue weighted by atomic mass is 10.2. The van der Waals surface area contributed by atoms with Crippen molar-refractivity contribution < 1.29 is 4.79 Å². The van der Waals surface area contributed by atoms with Gasteiger partial charge < -0.3 is 15.6 Å². The number of thiocarbonyl (C=S) groups is 1. The van der Waals surface area contributed by atoms with Crippen LogP contribution in [0.5, 0.6) is 0 Å². The molecule has 0 spiro atoms. The first-order chi connectivity index (χ1) is 8.99. The van der Waals surface area contributed by atoms with Crippen molar-refractivity contribution in [3.8, 4) is 0 Å². The number of hydrogen-bond acceptors (Lipinski definition) is 3. The first-order valence-corrected chi connectivity index (χ1v) is 6.14. The maximum absolute atomic E-state index is 12.0. The molecule has 2 rings (SSSR count). The predicted octanol–water partition coefficient (Wildman–Crippen LogP) is 1.96. The van der Waals surface area contributed by atoms with Crippen molar-refractivity contribution in [3.05, 3.63) is 47.0 Å². The van der Waals surface area contributed by atoms with Crippen LogP contribution in [0, 0.1) is 0 Å². The molecule has 0 aliphatic rings. The maximum Gasteiger partial charge on any atom is 0.273 e. The summed E-state index contributed by atoms with van der Waals surface area (Å²) in [7, 11) is 1.73. The molecule has 3 N–H and O–H groups in total. The third-order valence-corrected chi connectivity index (χ3v) is 3.11. The number of carbonyl (C=O) groups excluding carboxylic acids is 1. The summed E-state index contributed by atoms with van der Waals surface area (Å²) >= 11 is 10.9. The molecule has 0 saturated heterocycles. The molecule has 0 bridgehead atoms. The molecule has 0 radical (unpaired) electrons. The van der Waals surface area contributed by atoms with Crippen LogP contribution in [0.4, 0.5) is 5.69 Å². The number of carbonyl (C=O) groups is 1. The number of aromatic nitrogens is 2. The van der Waals surface area contributed by atoms with Crippen molar-refractivity contribution in [1.82, 2.24) is 9.55 Å². The number of anilines is 1. The summed E-state index contributed by atoms with van der Waals surface area (Å²) < 4.78 is 1.61. The molecule has 2 aromatic rings. The summed E-state index contributed by atoms with van der Waals surface area (Å²) in [4.78, 5) is 16.2. The highest BCUT2D eigenvalue weighted by Gasteiger charge is 2.12. The van der Waals surface area contributed by atoms with E-state index in [-0.39, 0.29) is 10.9 Å². The van der Waals surface area contributed by atoms with Gasteiger partial charge in [0, 0.05) is 12.6 Å². The molecule has 0 fully saturated rings. The van der Waals surface area contributed by atoms with Crippen molar-refractivity contribution >= 4 is 40.4 Å². The second-order valence-electron chi connectivity index (χ2n) is 3.90. The van der Waals surface area contributed by atoms with Gasteiger partial charge in [-0.2, -0.15) is 0 Å². The largest absolute Gasteiger partial charge is 0.389 e. The Balaban J connectivity index is 2.28. The highest BCUT2D eigenvalue weighted by atomic mass is 35.5. The fourth-order valence-corrected chi connectivity index (χ4v) is 1.83. The predicted molar refractivity (Wildman–Crippen MR) is 78.5 cm³/mol. The number of imidazole rings is 1. The van der Waals surface area contributed by atoms with Crippen LogP contribution in [0.3, 0.4) is 0 Å². The first kappa shape index (κ1) is 13.5. The number of hydrogen-bond donors (Lipinski definition) is 2. The van der Waals surface area contributed by atoms with Gasteiger partial charge >= 0.3 is 0 Å². The van der Waals surface area contributed by atoms with Crippen molar-refractivity contribution in [2.24, 2.45) is 12.8 Å². The maximum atomic E-state index is 12.0. The zero-order valence-electron chi connectivity index (χ0n) is 10.1. The molecule has 0 unspecified atom stereocenters. The van der Waals surface area contributed by atoms with E-state index < -0.39 is 0 Å². The average Bonchev–Trinajstić information content (AvgIpc) is 2.78. The van der Waals surface area contributed by atoms with Crippen LogP contribution >= 0.6 is 23.8 Å². The number of benzene rings is 1. The second kappa shape index (κ2) is 5.38. The Morgan fingerprint density at radius 1 is 1.53 bits per heavy atom. The topological polar surface area (TPSA) is 72.9 Å². The number of amides is 1. The Morgan fingerprint density at radius 2 is 2.26 bits per heavy atom. The van der Waals surface area contributed by atoms with Gasteiger partial charge in [0.15, 0.2) is 0 Å². The number of nitrogens with zero attached hydrogens (tertiary/aromatic N) is 2. The third kappa shape index (κ3) is 2.91. The van der Waals surface area contributed by atoms with Gasteiger partial charge in [0.1, 0.15) is 10.7 Å². The van der Waals surface area contributed by atoms with Gasteiger partial charge in [-0.15, -0.1) is 0 Å². The molecule has 19 heavy (non-hydrogen) atoms. The molecule has 0 saturated carbocycles. The number of aryl methyl sites for hydroxylation is 1. The molecular formula is C12H11ClN4OS. The van der Waals surface area contributed by atoms with Gasteiger partial charge in [-0.1, -0.05) is 29.9 Å². The van der Waals surface area contributed by atoms with Gasteiger partial charge in [0.05, 0.1) is 23.2 Å². The molecule has 0 aliphatic heterocycles. The Labute approximate surface area is 120 Å². The number of halogens is 1. The number of nitrogens with two attached hydrogens (primary N) is 1. The highest BCUT2D eigenvalue weighted by molar-refractivity contribution is 7.80. The SMILES string of the molecule is Cn1cncc1C(=O)Nc1cc(C(N)=S)ccc1Cl. The monoisotopic (exact) mass is 294 g/mol. The summed E-state index contributed by atoms with van der Waals surface area (Å²) in [5.74, 6) is -0.304. The standard InChI is InChI=1S/C12H11ClN4OS/c1-17-6-15-5-10(17)12(18)16-9-4-7(11(14)19)2-3-8(9)13/h2-6H,1H3,(H2,14,19)(H,16,18). The normalized spacial score (nSPS) is 10.2. The van der Waals surface area contributed by atoms with Crippen LogP contribution in [0.15, 0.2) is 30.7 Å². The first-order valence-electron chi connectivity index (χ1n) is 5.36. The molecule has 1 heterocycles. The number of nitrogens with one attached hydrogen (secondary N) is 1. The zero-order valence-corrected chi connectivity index (χ0v) is 11.6. The molecule has 7 heteroatoms. The van der Waals surface area contributed by atoms with Crippen LogP contribution < -0.4 is 11.1 Å². The lowest BCUT2D eigenvalue weighted by Gasteiger charge is -2.09. The Kier molecular flexibility index (Phi) is 3.82. The van der Waals surface area contributed by atoms with E-state index in [1.165, 1.54) is 6.20 Å². The molecule has 0 aliphatic carbocycles. The van der Waals surface area contributed by atoms with E-state index in [0.29, 0.717) is 22.0 Å². The molecular weight excluding hydrogens is 284 g/mol. The molecule has 1 aromatic carbocycles. The smallest absolute Gasteiger partial charge is 0.273 e. The molecule has 98 valence electrons. The third-order valence-electron chi connectivity index (χ3n) is 2.55. The van der Waals surface area contributed by atoms with Crippen LogP contribution in [-0.4, -0.2) is 20.4 Å². The summed E-state index contributed by atoms with van der Waals surface area (Å²) in [5, 5.41) is 3.11. The second-order valence-corrected chi connectivity index (χ2v) is 4.75. The van der Waals surface area contributed by atoms with E-state index in [1.54, 1.807) is 36.1 Å². The molecule has 1 aromatic heterocycles. The summed E-state index contributed by atoms with van der Waals surface area (Å²) in [6.07, 6.45) is 3.02. The lowest BCUT2D eigenvalue weighted by molar-refractivity contribution is 0.101. The van der Waals surface area contributed by atoms with E-state index in [2.05, 4.69) is 10.3 Å². The van der Waals surface area contributed by atoms with Gasteiger partial charge in [0.2, 0.25) is 0 Å². The minimum atomic E-state index is -0.304.